The smallest absolute Gasteiger partial charge is 0.372 e. The number of carbonyl (C=O) groups is 2. The monoisotopic (exact) mass is 409 g/mol. The van der Waals surface area contributed by atoms with Crippen molar-refractivity contribution in [2.24, 2.45) is 5.73 Å². The number of nitrogens with two attached hydrogens (primary N) is 1. The van der Waals surface area contributed by atoms with Crippen molar-refractivity contribution >= 4 is 27.9 Å². The van der Waals surface area contributed by atoms with Crippen LogP contribution in [0.25, 0.3) is 0 Å². The van der Waals surface area contributed by atoms with Crippen LogP contribution >= 0.6 is 15.9 Å². The SMILES string of the molecule is CC(C)(C)OC(=O)C(CN)(c1cccc(Br)c1)n1ccnc1C(=O)O. The van der Waals surface area contributed by atoms with E-state index in [9.17, 15) is 14.7 Å². The van der Waals surface area contributed by atoms with Gasteiger partial charge in [0.25, 0.3) is 0 Å². The number of halogens is 1. The molecule has 134 valence electrons. The van der Waals surface area contributed by atoms with Crippen LogP contribution in [-0.2, 0) is 15.1 Å². The molecule has 1 unspecified atom stereocenters. The van der Waals surface area contributed by atoms with E-state index in [0.29, 0.717) is 5.56 Å². The molecule has 0 aliphatic heterocycles. The van der Waals surface area contributed by atoms with Gasteiger partial charge in [0.15, 0.2) is 5.54 Å². The molecule has 0 aliphatic carbocycles. The molecule has 8 heteroatoms. The summed E-state index contributed by atoms with van der Waals surface area (Å²) >= 11 is 3.37. The minimum Gasteiger partial charge on any atom is -0.475 e. The molecular weight excluding hydrogens is 390 g/mol. The number of carbonyl (C=O) groups excluding carboxylic acids is 1. The van der Waals surface area contributed by atoms with E-state index in [1.165, 1.54) is 17.0 Å². The number of hydrogen-bond acceptors (Lipinski definition) is 5. The van der Waals surface area contributed by atoms with Crippen molar-refractivity contribution in [3.8, 4) is 0 Å². The van der Waals surface area contributed by atoms with Gasteiger partial charge < -0.3 is 20.1 Å². The first-order valence-corrected chi connectivity index (χ1v) is 8.38. The molecule has 7 nitrogen and oxygen atoms in total. The maximum atomic E-state index is 13.1. The fourth-order valence-corrected chi connectivity index (χ4v) is 2.93. The summed E-state index contributed by atoms with van der Waals surface area (Å²) in [5, 5.41) is 9.44. The Kier molecular flexibility index (Phi) is 5.34. The number of aromatic carboxylic acids is 1. The highest BCUT2D eigenvalue weighted by Gasteiger charge is 2.46. The largest absolute Gasteiger partial charge is 0.475 e. The average Bonchev–Trinajstić information content (AvgIpc) is 2.97. The first-order chi connectivity index (χ1) is 11.6. The van der Waals surface area contributed by atoms with Gasteiger partial charge >= 0.3 is 11.9 Å². The van der Waals surface area contributed by atoms with Gasteiger partial charge in [-0.1, -0.05) is 28.1 Å². The number of benzene rings is 1. The number of hydrogen-bond donors (Lipinski definition) is 2. The van der Waals surface area contributed by atoms with Crippen LogP contribution in [0.5, 0.6) is 0 Å². The number of carboxylic acid groups (broad SMARTS) is 1. The molecule has 0 amide bonds. The van der Waals surface area contributed by atoms with Crippen molar-refractivity contribution in [2.45, 2.75) is 31.9 Å². The van der Waals surface area contributed by atoms with Crippen molar-refractivity contribution in [3.05, 3.63) is 52.5 Å². The molecule has 2 rings (SSSR count). The fraction of sp³-hybridized carbons (Fsp3) is 0.353. The Morgan fingerprint density at radius 3 is 2.56 bits per heavy atom. The molecule has 3 N–H and O–H groups in total. The lowest BCUT2D eigenvalue weighted by molar-refractivity contribution is -0.163. The van der Waals surface area contributed by atoms with Crippen molar-refractivity contribution < 1.29 is 19.4 Å². The van der Waals surface area contributed by atoms with Crippen molar-refractivity contribution in [1.82, 2.24) is 9.55 Å². The summed E-state index contributed by atoms with van der Waals surface area (Å²) in [4.78, 5) is 28.5. The van der Waals surface area contributed by atoms with Gasteiger partial charge in [0, 0.05) is 23.4 Å². The Balaban J connectivity index is 2.75. The number of rotatable bonds is 5. The Labute approximate surface area is 153 Å². The number of nitrogens with zero attached hydrogens (tertiary/aromatic N) is 2. The molecule has 0 radical (unpaired) electrons. The van der Waals surface area contributed by atoms with Crippen LogP contribution in [0.2, 0.25) is 0 Å². The highest BCUT2D eigenvalue weighted by molar-refractivity contribution is 9.10. The summed E-state index contributed by atoms with van der Waals surface area (Å²) in [6, 6.07) is 6.95. The number of aromatic nitrogens is 2. The van der Waals surface area contributed by atoms with Gasteiger partial charge in [0.05, 0.1) is 0 Å². The van der Waals surface area contributed by atoms with Crippen LogP contribution in [-0.4, -0.2) is 38.7 Å². The maximum absolute atomic E-state index is 13.1. The van der Waals surface area contributed by atoms with E-state index in [0.717, 1.165) is 4.47 Å². The van der Waals surface area contributed by atoms with E-state index in [2.05, 4.69) is 20.9 Å². The molecule has 0 aliphatic rings. The van der Waals surface area contributed by atoms with Crippen LogP contribution in [0.3, 0.4) is 0 Å². The van der Waals surface area contributed by atoms with E-state index < -0.39 is 23.1 Å². The molecule has 0 spiro atoms. The van der Waals surface area contributed by atoms with Crippen molar-refractivity contribution in [3.63, 3.8) is 0 Å². The Bertz CT molecular complexity index is 797. The minimum atomic E-state index is -1.55. The number of esters is 1. The second-order valence-electron chi connectivity index (χ2n) is 6.50. The van der Waals surface area contributed by atoms with Gasteiger partial charge in [-0.2, -0.15) is 0 Å². The summed E-state index contributed by atoms with van der Waals surface area (Å²) in [5.41, 5.74) is 4.19. The summed E-state index contributed by atoms with van der Waals surface area (Å²) in [6.45, 7) is 5.01. The Morgan fingerprint density at radius 2 is 2.04 bits per heavy atom. The minimum absolute atomic E-state index is 0.199. The van der Waals surface area contributed by atoms with Crippen LogP contribution in [0.4, 0.5) is 0 Å². The molecule has 1 heterocycles. The molecular formula is C17H20BrN3O4. The predicted octanol–water partition coefficient (Wildman–Crippen LogP) is 2.39. The van der Waals surface area contributed by atoms with Gasteiger partial charge in [-0.05, 0) is 38.5 Å². The molecule has 1 atom stereocenters. The Hall–Kier alpha value is -2.19. The molecule has 2 aromatic rings. The second kappa shape index (κ2) is 6.97. The van der Waals surface area contributed by atoms with Gasteiger partial charge in [0.2, 0.25) is 5.82 Å². The lowest BCUT2D eigenvalue weighted by atomic mass is 9.89. The highest BCUT2D eigenvalue weighted by atomic mass is 79.9. The molecule has 1 aromatic carbocycles. The topological polar surface area (TPSA) is 107 Å². The van der Waals surface area contributed by atoms with Crippen LogP contribution in [0.1, 0.15) is 37.0 Å². The number of carboxylic acids is 1. The third-order valence-corrected chi connectivity index (χ3v) is 4.07. The highest BCUT2D eigenvalue weighted by Crippen LogP contribution is 2.32. The predicted molar refractivity (Wildman–Crippen MR) is 95.3 cm³/mol. The van der Waals surface area contributed by atoms with E-state index in [1.807, 2.05) is 0 Å². The summed E-state index contributed by atoms with van der Waals surface area (Å²) in [5.74, 6) is -2.21. The lowest BCUT2D eigenvalue weighted by Crippen LogP contribution is -2.52. The first kappa shape index (κ1) is 19.1. The van der Waals surface area contributed by atoms with E-state index in [4.69, 9.17) is 10.5 Å². The third kappa shape index (κ3) is 3.74. The summed E-state index contributed by atoms with van der Waals surface area (Å²) in [7, 11) is 0. The third-order valence-electron chi connectivity index (χ3n) is 3.58. The fourth-order valence-electron chi connectivity index (χ4n) is 2.53. The average molecular weight is 410 g/mol. The maximum Gasteiger partial charge on any atom is 0.372 e. The molecule has 0 fully saturated rings. The van der Waals surface area contributed by atoms with E-state index >= 15 is 0 Å². The van der Waals surface area contributed by atoms with Crippen molar-refractivity contribution in [1.29, 1.82) is 0 Å². The van der Waals surface area contributed by atoms with Crippen LogP contribution in [0.15, 0.2) is 41.1 Å². The first-order valence-electron chi connectivity index (χ1n) is 7.58. The zero-order chi connectivity index (χ0) is 18.8. The zero-order valence-electron chi connectivity index (χ0n) is 14.2. The zero-order valence-corrected chi connectivity index (χ0v) is 15.8. The Morgan fingerprint density at radius 1 is 1.36 bits per heavy atom. The summed E-state index contributed by atoms with van der Waals surface area (Å²) in [6.07, 6.45) is 2.73. The standard InChI is InChI=1S/C17H20BrN3O4/c1-16(2,3)25-15(24)17(10-19,11-5-4-6-12(18)9-11)21-8-7-20-13(21)14(22)23/h4-9H,10,19H2,1-3H3,(H,22,23). The molecule has 25 heavy (non-hydrogen) atoms. The van der Waals surface area contributed by atoms with Gasteiger partial charge in [-0.3, -0.25) is 0 Å². The number of imidazole rings is 1. The quantitative estimate of drug-likeness (QED) is 0.733. The van der Waals surface area contributed by atoms with E-state index in [-0.39, 0.29) is 12.4 Å². The molecule has 0 saturated carbocycles. The van der Waals surface area contributed by atoms with Crippen molar-refractivity contribution in [2.75, 3.05) is 6.54 Å². The number of ether oxygens (including phenoxy) is 1. The van der Waals surface area contributed by atoms with Crippen LogP contribution in [0, 0.1) is 0 Å². The second-order valence-corrected chi connectivity index (χ2v) is 7.42. The molecule has 0 saturated heterocycles. The van der Waals surface area contributed by atoms with Gasteiger partial charge in [0.1, 0.15) is 5.60 Å². The van der Waals surface area contributed by atoms with Gasteiger partial charge in [-0.15, -0.1) is 0 Å². The lowest BCUT2D eigenvalue weighted by Gasteiger charge is -2.35. The van der Waals surface area contributed by atoms with Gasteiger partial charge in [-0.25, -0.2) is 14.6 Å². The molecule has 0 bridgehead atoms. The molecule has 1 aromatic heterocycles. The summed E-state index contributed by atoms with van der Waals surface area (Å²) < 4.78 is 7.55. The van der Waals surface area contributed by atoms with E-state index in [1.54, 1.807) is 45.0 Å². The van der Waals surface area contributed by atoms with Crippen LogP contribution < -0.4 is 5.73 Å². The normalized spacial score (nSPS) is 14.0.